The number of carbonyl (C=O) groups excluding carboxylic acids is 1. The van der Waals surface area contributed by atoms with Crippen LogP contribution in [0.5, 0.6) is 0 Å². The molecule has 0 radical (unpaired) electrons. The van der Waals surface area contributed by atoms with Gasteiger partial charge in [0.1, 0.15) is 0 Å². The van der Waals surface area contributed by atoms with Gasteiger partial charge in [0.05, 0.1) is 11.0 Å². The van der Waals surface area contributed by atoms with Crippen LogP contribution in [0.1, 0.15) is 24.0 Å². The zero-order valence-electron chi connectivity index (χ0n) is 8.99. The number of carbonyl (C=O) groups is 1. The molecule has 84 valence electrons. The first-order valence-corrected chi connectivity index (χ1v) is 6.11. The average Bonchev–Trinajstić information content (AvgIpc) is 2.69. The van der Waals surface area contributed by atoms with E-state index in [1.807, 2.05) is 18.2 Å². The molecule has 5 heteroatoms. The molecule has 0 unspecified atom stereocenters. The standard InChI is InChI=1S/C11H13N3OS/c1-2-5-16-7-3-4-8-9(6-7)14-11(13-8)10(12)15/h3-4,6H,2,5H2,1H3,(H2,12,15)(H,13,14). The number of aromatic amines is 1. The summed E-state index contributed by atoms with van der Waals surface area (Å²) in [5, 5.41) is 0. The van der Waals surface area contributed by atoms with Crippen LogP contribution in [0.15, 0.2) is 23.1 Å². The lowest BCUT2D eigenvalue weighted by Crippen LogP contribution is -2.12. The SMILES string of the molecule is CCCSc1ccc2nc(C(N)=O)[nH]c2c1. The number of rotatable bonds is 4. The summed E-state index contributed by atoms with van der Waals surface area (Å²) in [5.41, 5.74) is 6.79. The summed E-state index contributed by atoms with van der Waals surface area (Å²) in [4.78, 5) is 19.1. The molecule has 0 atom stereocenters. The topological polar surface area (TPSA) is 71.8 Å². The van der Waals surface area contributed by atoms with Crippen molar-refractivity contribution < 1.29 is 4.79 Å². The van der Waals surface area contributed by atoms with Gasteiger partial charge in [0.25, 0.3) is 5.91 Å². The number of nitrogens with two attached hydrogens (primary N) is 1. The molecular formula is C11H13N3OS. The molecule has 0 aliphatic heterocycles. The number of nitrogens with zero attached hydrogens (tertiary/aromatic N) is 1. The Labute approximate surface area is 97.6 Å². The second-order valence-electron chi connectivity index (χ2n) is 3.48. The monoisotopic (exact) mass is 235 g/mol. The van der Waals surface area contributed by atoms with Crippen molar-refractivity contribution in [1.29, 1.82) is 0 Å². The Morgan fingerprint density at radius 1 is 1.56 bits per heavy atom. The van der Waals surface area contributed by atoms with Crippen molar-refractivity contribution in [3.8, 4) is 0 Å². The molecule has 2 aromatic rings. The third kappa shape index (κ3) is 2.19. The van der Waals surface area contributed by atoms with Gasteiger partial charge in [0.2, 0.25) is 0 Å². The maximum Gasteiger partial charge on any atom is 0.284 e. The van der Waals surface area contributed by atoms with E-state index in [0.29, 0.717) is 0 Å². The Balaban J connectivity index is 2.34. The summed E-state index contributed by atoms with van der Waals surface area (Å²) >= 11 is 1.79. The fourth-order valence-electron chi connectivity index (χ4n) is 1.42. The largest absolute Gasteiger partial charge is 0.363 e. The molecule has 4 nitrogen and oxygen atoms in total. The van der Waals surface area contributed by atoms with E-state index in [1.54, 1.807) is 11.8 Å². The molecule has 0 fully saturated rings. The Morgan fingerprint density at radius 3 is 3.06 bits per heavy atom. The first-order chi connectivity index (χ1) is 7.70. The van der Waals surface area contributed by atoms with Crippen molar-refractivity contribution >= 4 is 28.7 Å². The van der Waals surface area contributed by atoms with Crippen molar-refractivity contribution in [2.45, 2.75) is 18.2 Å². The van der Waals surface area contributed by atoms with Gasteiger partial charge in [-0.25, -0.2) is 4.98 Å². The van der Waals surface area contributed by atoms with Crippen molar-refractivity contribution in [3.05, 3.63) is 24.0 Å². The molecule has 16 heavy (non-hydrogen) atoms. The minimum Gasteiger partial charge on any atom is -0.363 e. The Morgan fingerprint density at radius 2 is 2.38 bits per heavy atom. The van der Waals surface area contributed by atoms with Crippen LogP contribution in [-0.2, 0) is 0 Å². The number of thioether (sulfide) groups is 1. The molecule has 0 bridgehead atoms. The molecule has 1 amide bonds. The Hall–Kier alpha value is -1.49. The van der Waals surface area contributed by atoms with Gasteiger partial charge >= 0.3 is 0 Å². The number of hydrogen-bond acceptors (Lipinski definition) is 3. The number of nitrogens with one attached hydrogen (secondary N) is 1. The van der Waals surface area contributed by atoms with Crippen molar-refractivity contribution in [2.75, 3.05) is 5.75 Å². The van der Waals surface area contributed by atoms with E-state index < -0.39 is 5.91 Å². The number of H-pyrrole nitrogens is 1. The maximum atomic E-state index is 11.0. The first-order valence-electron chi connectivity index (χ1n) is 5.13. The lowest BCUT2D eigenvalue weighted by atomic mass is 10.3. The molecule has 1 aromatic carbocycles. The Bertz CT molecular complexity index is 521. The van der Waals surface area contributed by atoms with Crippen molar-refractivity contribution in [3.63, 3.8) is 0 Å². The third-order valence-corrected chi connectivity index (χ3v) is 3.36. The van der Waals surface area contributed by atoms with E-state index in [9.17, 15) is 4.79 Å². The van der Waals surface area contributed by atoms with E-state index in [4.69, 9.17) is 5.73 Å². The second-order valence-corrected chi connectivity index (χ2v) is 4.65. The number of primary amides is 1. The fourth-order valence-corrected chi connectivity index (χ4v) is 2.22. The fraction of sp³-hybridized carbons (Fsp3) is 0.273. The van der Waals surface area contributed by atoms with Crippen LogP contribution in [0, 0.1) is 0 Å². The lowest BCUT2D eigenvalue weighted by Gasteiger charge is -1.98. The van der Waals surface area contributed by atoms with Gasteiger partial charge < -0.3 is 10.7 Å². The quantitative estimate of drug-likeness (QED) is 0.798. The van der Waals surface area contributed by atoms with E-state index in [0.717, 1.165) is 23.2 Å². The van der Waals surface area contributed by atoms with Gasteiger partial charge in [-0.05, 0) is 30.4 Å². The van der Waals surface area contributed by atoms with Gasteiger partial charge in [-0.1, -0.05) is 6.92 Å². The predicted octanol–water partition coefficient (Wildman–Crippen LogP) is 2.16. The molecule has 1 heterocycles. The van der Waals surface area contributed by atoms with Crippen LogP contribution in [0.4, 0.5) is 0 Å². The number of imidazole rings is 1. The summed E-state index contributed by atoms with van der Waals surface area (Å²) in [6.45, 7) is 2.15. The molecule has 0 spiro atoms. The second kappa shape index (κ2) is 4.57. The smallest absolute Gasteiger partial charge is 0.284 e. The third-order valence-electron chi connectivity index (χ3n) is 2.16. The average molecular weight is 235 g/mol. The highest BCUT2D eigenvalue weighted by atomic mass is 32.2. The zero-order valence-corrected chi connectivity index (χ0v) is 9.80. The number of fused-ring (bicyclic) bond motifs is 1. The summed E-state index contributed by atoms with van der Waals surface area (Å²) < 4.78 is 0. The molecule has 1 aromatic heterocycles. The predicted molar refractivity (Wildman–Crippen MR) is 65.6 cm³/mol. The van der Waals surface area contributed by atoms with Crippen LogP contribution in [-0.4, -0.2) is 21.6 Å². The van der Waals surface area contributed by atoms with E-state index in [2.05, 4.69) is 16.9 Å². The van der Waals surface area contributed by atoms with Crippen LogP contribution in [0.2, 0.25) is 0 Å². The van der Waals surface area contributed by atoms with Crippen LogP contribution in [0.25, 0.3) is 11.0 Å². The summed E-state index contributed by atoms with van der Waals surface area (Å²) in [7, 11) is 0. The minimum absolute atomic E-state index is 0.215. The molecule has 0 aliphatic carbocycles. The summed E-state index contributed by atoms with van der Waals surface area (Å²) in [6.07, 6.45) is 1.14. The molecule has 2 rings (SSSR count). The lowest BCUT2D eigenvalue weighted by molar-refractivity contribution is 0.0991. The zero-order chi connectivity index (χ0) is 11.5. The highest BCUT2D eigenvalue weighted by molar-refractivity contribution is 7.99. The normalized spacial score (nSPS) is 10.8. The molecule has 0 aliphatic rings. The molecule has 0 saturated heterocycles. The van der Waals surface area contributed by atoms with Gasteiger partial charge in [0, 0.05) is 4.90 Å². The van der Waals surface area contributed by atoms with E-state index in [-0.39, 0.29) is 5.82 Å². The van der Waals surface area contributed by atoms with E-state index >= 15 is 0 Å². The van der Waals surface area contributed by atoms with Gasteiger partial charge in [0.15, 0.2) is 5.82 Å². The van der Waals surface area contributed by atoms with Gasteiger partial charge in [-0.15, -0.1) is 11.8 Å². The van der Waals surface area contributed by atoms with Crippen molar-refractivity contribution in [1.82, 2.24) is 9.97 Å². The number of amides is 1. The number of aromatic nitrogens is 2. The highest BCUT2D eigenvalue weighted by Gasteiger charge is 2.07. The summed E-state index contributed by atoms with van der Waals surface area (Å²) in [6, 6.07) is 5.90. The summed E-state index contributed by atoms with van der Waals surface area (Å²) in [5.74, 6) is 0.772. The van der Waals surface area contributed by atoms with E-state index in [1.165, 1.54) is 4.90 Å². The van der Waals surface area contributed by atoms with Crippen LogP contribution in [0.3, 0.4) is 0 Å². The van der Waals surface area contributed by atoms with Crippen LogP contribution < -0.4 is 5.73 Å². The van der Waals surface area contributed by atoms with Gasteiger partial charge in [-0.2, -0.15) is 0 Å². The van der Waals surface area contributed by atoms with Crippen LogP contribution >= 0.6 is 11.8 Å². The number of hydrogen-bond donors (Lipinski definition) is 2. The molecule has 3 N–H and O–H groups in total. The first kappa shape index (κ1) is 11.0. The van der Waals surface area contributed by atoms with Crippen molar-refractivity contribution in [2.24, 2.45) is 5.73 Å². The van der Waals surface area contributed by atoms with Gasteiger partial charge in [-0.3, -0.25) is 4.79 Å². The maximum absolute atomic E-state index is 11.0. The molecular weight excluding hydrogens is 222 g/mol. The number of benzene rings is 1. The minimum atomic E-state index is -0.529. The molecule has 0 saturated carbocycles. The highest BCUT2D eigenvalue weighted by Crippen LogP contribution is 2.22. The Kier molecular flexibility index (Phi) is 3.14.